The van der Waals surface area contributed by atoms with Crippen LogP contribution in [0.5, 0.6) is 11.5 Å². The molecule has 1 aromatic carbocycles. The third-order valence-corrected chi connectivity index (χ3v) is 5.57. The molecule has 21 heavy (non-hydrogen) atoms. The van der Waals surface area contributed by atoms with Gasteiger partial charge in [0, 0.05) is 31.7 Å². The topological polar surface area (TPSA) is 67.9 Å². The standard InChI is InChI=1S/C13H18N2O4S.ClH/c1-10-9-14-4-5-15(10)20(16,17)11-2-3-12-13(8-11)19-7-6-18-12;/h2-3,8,10,14H,4-7,9H2,1H3;1H. The summed E-state index contributed by atoms with van der Waals surface area (Å²) in [7, 11) is -3.49. The zero-order valence-corrected chi connectivity index (χ0v) is 13.4. The van der Waals surface area contributed by atoms with Crippen LogP contribution in [0, 0.1) is 0 Å². The van der Waals surface area contributed by atoms with E-state index in [0.29, 0.717) is 44.3 Å². The van der Waals surface area contributed by atoms with Crippen molar-refractivity contribution >= 4 is 22.4 Å². The lowest BCUT2D eigenvalue weighted by Gasteiger charge is -2.33. The highest BCUT2D eigenvalue weighted by Gasteiger charge is 2.31. The molecule has 0 saturated carbocycles. The van der Waals surface area contributed by atoms with Crippen LogP contribution in [0.15, 0.2) is 23.1 Å². The predicted molar refractivity (Wildman–Crippen MR) is 80.9 cm³/mol. The molecule has 2 aliphatic rings. The second-order valence-corrected chi connectivity index (χ2v) is 6.86. The Labute approximate surface area is 130 Å². The number of hydrogen-bond acceptors (Lipinski definition) is 5. The van der Waals surface area contributed by atoms with E-state index in [9.17, 15) is 8.42 Å². The smallest absolute Gasteiger partial charge is 0.243 e. The fourth-order valence-electron chi connectivity index (χ4n) is 2.50. The fourth-order valence-corrected chi connectivity index (χ4v) is 4.15. The molecule has 1 saturated heterocycles. The van der Waals surface area contributed by atoms with Crippen LogP contribution in [0.3, 0.4) is 0 Å². The molecule has 3 rings (SSSR count). The van der Waals surface area contributed by atoms with Crippen LogP contribution in [-0.2, 0) is 10.0 Å². The van der Waals surface area contributed by atoms with Crippen molar-refractivity contribution in [3.8, 4) is 11.5 Å². The molecule has 0 radical (unpaired) electrons. The van der Waals surface area contributed by atoms with E-state index in [2.05, 4.69) is 5.32 Å². The summed E-state index contributed by atoms with van der Waals surface area (Å²) < 4.78 is 37.8. The first kappa shape index (κ1) is 16.4. The number of nitrogens with one attached hydrogen (secondary N) is 1. The summed E-state index contributed by atoms with van der Waals surface area (Å²) in [6, 6.07) is 4.74. The van der Waals surface area contributed by atoms with E-state index in [1.807, 2.05) is 6.92 Å². The number of fused-ring (bicyclic) bond motifs is 1. The molecule has 1 aromatic rings. The van der Waals surface area contributed by atoms with Crippen molar-refractivity contribution in [3.05, 3.63) is 18.2 Å². The molecule has 0 amide bonds. The number of halogens is 1. The SMILES string of the molecule is CC1CNCCN1S(=O)(=O)c1ccc2c(c1)OCCO2.Cl. The van der Waals surface area contributed by atoms with Gasteiger partial charge in [-0.1, -0.05) is 0 Å². The average molecular weight is 335 g/mol. The van der Waals surface area contributed by atoms with E-state index in [0.717, 1.165) is 0 Å². The molecule has 0 bridgehead atoms. The molecule has 1 fully saturated rings. The number of piperazine rings is 1. The van der Waals surface area contributed by atoms with Gasteiger partial charge in [-0.2, -0.15) is 4.31 Å². The van der Waals surface area contributed by atoms with Crippen molar-refractivity contribution < 1.29 is 17.9 Å². The first-order valence-electron chi connectivity index (χ1n) is 6.71. The van der Waals surface area contributed by atoms with E-state index >= 15 is 0 Å². The van der Waals surface area contributed by atoms with Gasteiger partial charge in [0.15, 0.2) is 11.5 Å². The zero-order valence-electron chi connectivity index (χ0n) is 11.7. The molecule has 0 spiro atoms. The summed E-state index contributed by atoms with van der Waals surface area (Å²) in [4.78, 5) is 0.260. The van der Waals surface area contributed by atoms with Gasteiger partial charge < -0.3 is 14.8 Å². The van der Waals surface area contributed by atoms with Gasteiger partial charge in [-0.05, 0) is 19.1 Å². The Bertz CT molecular complexity index is 608. The Morgan fingerprint density at radius 2 is 1.95 bits per heavy atom. The van der Waals surface area contributed by atoms with Crippen molar-refractivity contribution in [1.29, 1.82) is 0 Å². The highest BCUT2D eigenvalue weighted by molar-refractivity contribution is 7.89. The van der Waals surface area contributed by atoms with E-state index in [4.69, 9.17) is 9.47 Å². The monoisotopic (exact) mass is 334 g/mol. The lowest BCUT2D eigenvalue weighted by molar-refractivity contribution is 0.171. The van der Waals surface area contributed by atoms with E-state index in [1.54, 1.807) is 18.2 Å². The minimum Gasteiger partial charge on any atom is -0.486 e. The zero-order chi connectivity index (χ0) is 14.2. The Balaban J connectivity index is 0.00000161. The summed E-state index contributed by atoms with van der Waals surface area (Å²) in [5, 5.41) is 3.19. The summed E-state index contributed by atoms with van der Waals surface area (Å²) in [5.41, 5.74) is 0. The number of nitrogens with zero attached hydrogens (tertiary/aromatic N) is 1. The molecule has 2 aliphatic heterocycles. The predicted octanol–water partition coefficient (Wildman–Crippen LogP) is 0.862. The molecule has 1 unspecified atom stereocenters. The van der Waals surface area contributed by atoms with Gasteiger partial charge in [0.1, 0.15) is 13.2 Å². The first-order valence-corrected chi connectivity index (χ1v) is 8.15. The van der Waals surface area contributed by atoms with Crippen molar-refractivity contribution in [2.45, 2.75) is 17.9 Å². The van der Waals surface area contributed by atoms with Crippen LogP contribution < -0.4 is 14.8 Å². The average Bonchev–Trinajstić information content (AvgIpc) is 2.47. The third kappa shape index (κ3) is 3.11. The summed E-state index contributed by atoms with van der Waals surface area (Å²) in [6.07, 6.45) is 0. The van der Waals surface area contributed by atoms with E-state index in [1.165, 1.54) is 4.31 Å². The number of ether oxygens (including phenoxy) is 2. The lowest BCUT2D eigenvalue weighted by atomic mass is 10.3. The van der Waals surface area contributed by atoms with Gasteiger partial charge in [0.05, 0.1) is 4.90 Å². The van der Waals surface area contributed by atoms with Gasteiger partial charge in [-0.3, -0.25) is 0 Å². The Morgan fingerprint density at radius 1 is 1.24 bits per heavy atom. The molecule has 0 aromatic heterocycles. The van der Waals surface area contributed by atoms with Crippen LogP contribution in [0.4, 0.5) is 0 Å². The van der Waals surface area contributed by atoms with Crippen LogP contribution in [0.1, 0.15) is 6.92 Å². The van der Waals surface area contributed by atoms with Gasteiger partial charge in [-0.15, -0.1) is 12.4 Å². The second kappa shape index (κ2) is 6.39. The Hall–Kier alpha value is -1.02. The van der Waals surface area contributed by atoms with Crippen LogP contribution >= 0.6 is 12.4 Å². The third-order valence-electron chi connectivity index (χ3n) is 3.56. The number of rotatable bonds is 2. The van der Waals surface area contributed by atoms with Gasteiger partial charge in [0.25, 0.3) is 0 Å². The van der Waals surface area contributed by atoms with Gasteiger partial charge in [0.2, 0.25) is 10.0 Å². The molecule has 1 atom stereocenters. The second-order valence-electron chi connectivity index (χ2n) is 4.97. The minimum atomic E-state index is -3.49. The molecule has 118 valence electrons. The summed E-state index contributed by atoms with van der Waals surface area (Å²) >= 11 is 0. The van der Waals surface area contributed by atoms with Crippen molar-refractivity contribution in [2.24, 2.45) is 0 Å². The van der Waals surface area contributed by atoms with Crippen molar-refractivity contribution in [3.63, 3.8) is 0 Å². The molecular formula is C13H19ClN2O4S. The summed E-state index contributed by atoms with van der Waals surface area (Å²) in [6.45, 7) is 4.67. The van der Waals surface area contributed by atoms with Crippen LogP contribution in [0.25, 0.3) is 0 Å². The van der Waals surface area contributed by atoms with Crippen molar-refractivity contribution in [1.82, 2.24) is 9.62 Å². The molecule has 1 N–H and O–H groups in total. The van der Waals surface area contributed by atoms with E-state index in [-0.39, 0.29) is 23.3 Å². The Kier molecular flexibility index (Phi) is 4.98. The Morgan fingerprint density at radius 3 is 2.67 bits per heavy atom. The fraction of sp³-hybridized carbons (Fsp3) is 0.538. The normalized spacial score (nSPS) is 22.4. The number of sulfonamides is 1. The lowest BCUT2D eigenvalue weighted by Crippen LogP contribution is -2.52. The first-order chi connectivity index (χ1) is 9.59. The molecule has 2 heterocycles. The minimum absolute atomic E-state index is 0. The van der Waals surface area contributed by atoms with Gasteiger partial charge in [-0.25, -0.2) is 8.42 Å². The molecular weight excluding hydrogens is 316 g/mol. The highest BCUT2D eigenvalue weighted by atomic mass is 35.5. The summed E-state index contributed by atoms with van der Waals surface area (Å²) in [5.74, 6) is 1.10. The van der Waals surface area contributed by atoms with Crippen LogP contribution in [0.2, 0.25) is 0 Å². The maximum absolute atomic E-state index is 12.7. The molecule has 0 aliphatic carbocycles. The largest absolute Gasteiger partial charge is 0.486 e. The number of benzene rings is 1. The number of hydrogen-bond donors (Lipinski definition) is 1. The molecule has 6 nitrogen and oxygen atoms in total. The quantitative estimate of drug-likeness (QED) is 0.869. The maximum atomic E-state index is 12.7. The highest BCUT2D eigenvalue weighted by Crippen LogP contribution is 2.33. The van der Waals surface area contributed by atoms with Gasteiger partial charge >= 0.3 is 0 Å². The van der Waals surface area contributed by atoms with Crippen LogP contribution in [-0.4, -0.2) is 51.6 Å². The van der Waals surface area contributed by atoms with Crippen molar-refractivity contribution in [2.75, 3.05) is 32.8 Å². The molecule has 8 heteroatoms. The van der Waals surface area contributed by atoms with E-state index < -0.39 is 10.0 Å². The maximum Gasteiger partial charge on any atom is 0.243 e.